The molecule has 102 valence electrons. The Hall–Kier alpha value is -0.0400. The normalized spacial score (nSPS) is 52.0. The number of hydrogen-bond donors (Lipinski definition) is 1. The van der Waals surface area contributed by atoms with Crippen molar-refractivity contribution in [2.45, 2.75) is 57.8 Å². The molecule has 18 heavy (non-hydrogen) atoms. The first-order valence-corrected chi connectivity index (χ1v) is 8.64. The van der Waals surface area contributed by atoms with Crippen LogP contribution < -0.4 is 5.32 Å². The molecule has 0 amide bonds. The van der Waals surface area contributed by atoms with Gasteiger partial charge >= 0.3 is 0 Å². The molecule has 0 aromatic carbocycles. The van der Waals surface area contributed by atoms with Crippen molar-refractivity contribution in [1.82, 2.24) is 5.32 Å². The molecule has 1 heteroatoms. The molecule has 1 saturated heterocycles. The highest BCUT2D eigenvalue weighted by molar-refractivity contribution is 4.98. The lowest BCUT2D eigenvalue weighted by atomic mass is 9.52. The zero-order valence-electron chi connectivity index (χ0n) is 11.7. The van der Waals surface area contributed by atoms with Crippen LogP contribution in [-0.4, -0.2) is 13.1 Å². The van der Waals surface area contributed by atoms with Crippen LogP contribution in [0.1, 0.15) is 57.8 Å². The van der Waals surface area contributed by atoms with Gasteiger partial charge in [-0.2, -0.15) is 0 Å². The fourth-order valence-corrected chi connectivity index (χ4v) is 6.29. The first-order valence-electron chi connectivity index (χ1n) is 8.64. The lowest BCUT2D eigenvalue weighted by Crippen LogP contribution is -2.49. The van der Waals surface area contributed by atoms with Crippen molar-refractivity contribution in [3.8, 4) is 0 Å². The molecule has 6 atom stereocenters. The molecule has 0 aromatic heterocycles. The van der Waals surface area contributed by atoms with Crippen molar-refractivity contribution in [2.75, 3.05) is 13.1 Å². The van der Waals surface area contributed by atoms with E-state index in [1.807, 2.05) is 0 Å². The molecule has 1 heterocycles. The van der Waals surface area contributed by atoms with E-state index < -0.39 is 0 Å². The molecule has 0 spiro atoms. The second kappa shape index (κ2) is 4.81. The first-order chi connectivity index (χ1) is 8.93. The van der Waals surface area contributed by atoms with Crippen molar-refractivity contribution in [1.29, 1.82) is 0 Å². The van der Waals surface area contributed by atoms with Crippen LogP contribution in [0.2, 0.25) is 0 Å². The van der Waals surface area contributed by atoms with E-state index in [-0.39, 0.29) is 0 Å². The van der Waals surface area contributed by atoms with Crippen LogP contribution in [-0.2, 0) is 0 Å². The third-order valence-electron chi connectivity index (χ3n) is 7.03. The zero-order chi connectivity index (χ0) is 11.9. The third-order valence-corrected chi connectivity index (χ3v) is 7.03. The summed E-state index contributed by atoms with van der Waals surface area (Å²) < 4.78 is 0. The lowest BCUT2D eigenvalue weighted by molar-refractivity contribution is -0.0367. The SMILES string of the molecule is C1CCC2C(C1)CCC1C3CCNCC3CCC21. The van der Waals surface area contributed by atoms with E-state index in [1.54, 1.807) is 44.9 Å². The highest BCUT2D eigenvalue weighted by Crippen LogP contribution is 2.55. The smallest absolute Gasteiger partial charge is 0.00178 e. The monoisotopic (exact) mass is 247 g/mol. The minimum Gasteiger partial charge on any atom is -0.316 e. The number of fused-ring (bicyclic) bond motifs is 5. The molecule has 4 aliphatic rings. The molecule has 1 aliphatic heterocycles. The van der Waals surface area contributed by atoms with Gasteiger partial charge in [0.15, 0.2) is 0 Å². The molecule has 0 aromatic rings. The van der Waals surface area contributed by atoms with Crippen molar-refractivity contribution < 1.29 is 0 Å². The zero-order valence-corrected chi connectivity index (χ0v) is 11.7. The molecule has 6 unspecified atom stereocenters. The van der Waals surface area contributed by atoms with Crippen molar-refractivity contribution in [3.05, 3.63) is 0 Å². The van der Waals surface area contributed by atoms with Gasteiger partial charge in [0.25, 0.3) is 0 Å². The number of piperidine rings is 1. The fourth-order valence-electron chi connectivity index (χ4n) is 6.29. The summed E-state index contributed by atoms with van der Waals surface area (Å²) in [6.07, 6.45) is 14.0. The topological polar surface area (TPSA) is 12.0 Å². The van der Waals surface area contributed by atoms with E-state index in [0.29, 0.717) is 0 Å². The van der Waals surface area contributed by atoms with Crippen LogP contribution in [0, 0.1) is 35.5 Å². The van der Waals surface area contributed by atoms with Crippen LogP contribution in [0.25, 0.3) is 0 Å². The Balaban J connectivity index is 1.54. The minimum atomic E-state index is 1.04. The number of hydrogen-bond acceptors (Lipinski definition) is 1. The van der Waals surface area contributed by atoms with Gasteiger partial charge in [0.1, 0.15) is 0 Å². The van der Waals surface area contributed by atoms with E-state index >= 15 is 0 Å². The predicted octanol–water partition coefficient (Wildman–Crippen LogP) is 3.84. The van der Waals surface area contributed by atoms with Crippen LogP contribution in [0.4, 0.5) is 0 Å². The Labute approximate surface area is 112 Å². The quantitative estimate of drug-likeness (QED) is 0.686. The van der Waals surface area contributed by atoms with Crippen LogP contribution in [0.3, 0.4) is 0 Å². The summed E-state index contributed by atoms with van der Waals surface area (Å²) in [4.78, 5) is 0. The van der Waals surface area contributed by atoms with E-state index in [0.717, 1.165) is 35.5 Å². The van der Waals surface area contributed by atoms with Gasteiger partial charge in [-0.05, 0) is 87.1 Å². The maximum atomic E-state index is 3.64. The molecule has 3 saturated carbocycles. The van der Waals surface area contributed by atoms with Crippen molar-refractivity contribution >= 4 is 0 Å². The Morgan fingerprint density at radius 3 is 2.17 bits per heavy atom. The summed E-state index contributed by atoms with van der Waals surface area (Å²) in [5.74, 6) is 6.70. The summed E-state index contributed by atoms with van der Waals surface area (Å²) in [7, 11) is 0. The molecule has 4 rings (SSSR count). The van der Waals surface area contributed by atoms with E-state index in [9.17, 15) is 0 Å². The summed E-state index contributed by atoms with van der Waals surface area (Å²) in [6, 6.07) is 0. The highest BCUT2D eigenvalue weighted by Gasteiger charge is 2.47. The van der Waals surface area contributed by atoms with Gasteiger partial charge in [0.2, 0.25) is 0 Å². The third kappa shape index (κ3) is 1.85. The van der Waals surface area contributed by atoms with E-state index in [1.165, 1.54) is 25.9 Å². The summed E-state index contributed by atoms with van der Waals surface area (Å²) in [5, 5.41) is 3.64. The standard InChI is InChI=1S/C17H29N/c1-2-4-14-12(3-1)5-7-17-15-9-10-18-11-13(15)6-8-16(14)17/h12-18H,1-11H2. The highest BCUT2D eigenvalue weighted by atomic mass is 14.9. The Kier molecular flexibility index (Phi) is 3.14. The Bertz CT molecular complexity index is 270. The summed E-state index contributed by atoms with van der Waals surface area (Å²) >= 11 is 0. The molecule has 0 radical (unpaired) electrons. The Morgan fingerprint density at radius 2 is 1.28 bits per heavy atom. The van der Waals surface area contributed by atoms with Gasteiger partial charge in [-0.1, -0.05) is 19.3 Å². The van der Waals surface area contributed by atoms with Crippen molar-refractivity contribution in [3.63, 3.8) is 0 Å². The van der Waals surface area contributed by atoms with Gasteiger partial charge in [-0.25, -0.2) is 0 Å². The molecule has 0 bridgehead atoms. The average molecular weight is 247 g/mol. The second-order valence-corrected chi connectivity index (χ2v) is 7.61. The largest absolute Gasteiger partial charge is 0.316 e. The Morgan fingerprint density at radius 1 is 0.556 bits per heavy atom. The van der Waals surface area contributed by atoms with Gasteiger partial charge in [-0.3, -0.25) is 0 Å². The van der Waals surface area contributed by atoms with Gasteiger partial charge < -0.3 is 5.32 Å². The maximum Gasteiger partial charge on any atom is -0.00178 e. The molecule has 1 N–H and O–H groups in total. The van der Waals surface area contributed by atoms with Gasteiger partial charge in [0.05, 0.1) is 0 Å². The van der Waals surface area contributed by atoms with Gasteiger partial charge in [-0.15, -0.1) is 0 Å². The molecular weight excluding hydrogens is 218 g/mol. The second-order valence-electron chi connectivity index (χ2n) is 7.61. The minimum absolute atomic E-state index is 1.04. The van der Waals surface area contributed by atoms with E-state index in [4.69, 9.17) is 0 Å². The molecule has 4 fully saturated rings. The first kappa shape index (κ1) is 11.8. The molecular formula is C17H29N. The van der Waals surface area contributed by atoms with Crippen LogP contribution >= 0.6 is 0 Å². The predicted molar refractivity (Wildman–Crippen MR) is 75.4 cm³/mol. The molecule has 3 aliphatic carbocycles. The van der Waals surface area contributed by atoms with Crippen LogP contribution in [0.15, 0.2) is 0 Å². The fraction of sp³-hybridized carbons (Fsp3) is 1.00. The van der Waals surface area contributed by atoms with Crippen molar-refractivity contribution in [2.24, 2.45) is 35.5 Å². The van der Waals surface area contributed by atoms with Crippen LogP contribution in [0.5, 0.6) is 0 Å². The average Bonchev–Trinajstić information content (AvgIpc) is 2.46. The lowest BCUT2D eigenvalue weighted by Gasteiger charge is -2.54. The number of nitrogens with one attached hydrogen (secondary N) is 1. The van der Waals surface area contributed by atoms with E-state index in [2.05, 4.69) is 5.32 Å². The molecule has 1 nitrogen and oxygen atoms in total. The maximum absolute atomic E-state index is 3.64. The summed E-state index contributed by atoms with van der Waals surface area (Å²) in [5.41, 5.74) is 0. The van der Waals surface area contributed by atoms with Gasteiger partial charge in [0, 0.05) is 0 Å². The number of rotatable bonds is 0. The summed E-state index contributed by atoms with van der Waals surface area (Å²) in [6.45, 7) is 2.64.